The molecule has 3 fully saturated rings. The molecule has 2 aromatic carbocycles. The average Bonchev–Trinajstić information content (AvgIpc) is 3.25. The van der Waals surface area contributed by atoms with Crippen molar-refractivity contribution in [1.82, 2.24) is 10.2 Å². The minimum atomic E-state index is -4.42. The molecule has 1 aliphatic heterocycles. The van der Waals surface area contributed by atoms with Gasteiger partial charge >= 0.3 is 12.2 Å². The standard InChI is InChI=1S/C27H30F3N3O3/c28-27(29,30)19-10-12-20(13-11-19)32-25(35)33-15-22-21(23(22)16-33)14-31-24(34)26(36,18-8-4-5-9-18)17-6-2-1-3-7-17/h1-3,6-7,10-13,18,21-23,36H,4-5,8-9,14-16H2,(H,31,34)(H,32,35). The van der Waals surface area contributed by atoms with Crippen LogP contribution >= 0.6 is 0 Å². The van der Waals surface area contributed by atoms with Crippen molar-refractivity contribution in [2.24, 2.45) is 23.7 Å². The third-order valence-corrected chi connectivity index (χ3v) is 8.13. The van der Waals surface area contributed by atoms with Gasteiger partial charge in [-0.3, -0.25) is 4.79 Å². The van der Waals surface area contributed by atoms with Gasteiger partial charge < -0.3 is 20.6 Å². The lowest BCUT2D eigenvalue weighted by Gasteiger charge is -2.33. The molecule has 1 heterocycles. The number of nitrogens with one attached hydrogen (secondary N) is 2. The van der Waals surface area contributed by atoms with E-state index in [0.29, 0.717) is 30.9 Å². The van der Waals surface area contributed by atoms with E-state index in [1.807, 2.05) is 18.2 Å². The van der Waals surface area contributed by atoms with Gasteiger partial charge in [0.2, 0.25) is 0 Å². The van der Waals surface area contributed by atoms with Gasteiger partial charge in [-0.1, -0.05) is 43.2 Å². The third-order valence-electron chi connectivity index (χ3n) is 8.13. The molecule has 36 heavy (non-hydrogen) atoms. The zero-order valence-electron chi connectivity index (χ0n) is 19.8. The lowest BCUT2D eigenvalue weighted by atomic mass is 9.79. The molecule has 3 amide bonds. The highest BCUT2D eigenvalue weighted by Crippen LogP contribution is 2.51. The number of urea groups is 1. The Balaban J connectivity index is 1.13. The topological polar surface area (TPSA) is 81.7 Å². The fraction of sp³-hybridized carbons (Fsp3) is 0.481. The van der Waals surface area contributed by atoms with Gasteiger partial charge in [-0.05, 0) is 60.4 Å². The number of carbonyl (C=O) groups excluding carboxylic acids is 2. The smallest absolute Gasteiger partial charge is 0.375 e. The van der Waals surface area contributed by atoms with Crippen molar-refractivity contribution in [1.29, 1.82) is 0 Å². The van der Waals surface area contributed by atoms with E-state index in [0.717, 1.165) is 37.8 Å². The Morgan fingerprint density at radius 3 is 2.11 bits per heavy atom. The molecule has 0 bridgehead atoms. The molecular formula is C27H30F3N3O3. The van der Waals surface area contributed by atoms with Crippen molar-refractivity contribution in [3.8, 4) is 0 Å². The van der Waals surface area contributed by atoms with Crippen molar-refractivity contribution in [3.05, 3.63) is 65.7 Å². The number of halogens is 3. The summed E-state index contributed by atoms with van der Waals surface area (Å²) in [5.41, 5.74) is -1.38. The van der Waals surface area contributed by atoms with Crippen LogP contribution in [0.25, 0.3) is 0 Å². The number of alkyl halides is 3. The maximum atomic E-state index is 13.3. The van der Waals surface area contributed by atoms with E-state index in [1.54, 1.807) is 17.0 Å². The molecule has 0 radical (unpaired) electrons. The van der Waals surface area contributed by atoms with Gasteiger partial charge in [0.05, 0.1) is 5.56 Å². The number of aliphatic hydroxyl groups is 1. The maximum absolute atomic E-state index is 13.3. The number of fused-ring (bicyclic) bond motifs is 1. The van der Waals surface area contributed by atoms with Crippen LogP contribution < -0.4 is 10.6 Å². The predicted molar refractivity (Wildman–Crippen MR) is 128 cm³/mol. The van der Waals surface area contributed by atoms with Crippen LogP contribution in [0.3, 0.4) is 0 Å². The molecule has 2 saturated carbocycles. The summed E-state index contributed by atoms with van der Waals surface area (Å²) in [6.07, 6.45) is -0.779. The fourth-order valence-corrected chi connectivity index (χ4v) is 6.00. The van der Waals surface area contributed by atoms with Crippen LogP contribution in [0.4, 0.5) is 23.7 Å². The number of benzene rings is 2. The second-order valence-electron chi connectivity index (χ2n) is 10.2. The number of likely N-dealkylation sites (tertiary alicyclic amines) is 1. The van der Waals surface area contributed by atoms with E-state index >= 15 is 0 Å². The number of amides is 3. The first-order valence-corrected chi connectivity index (χ1v) is 12.5. The number of carbonyl (C=O) groups is 2. The lowest BCUT2D eigenvalue weighted by Crippen LogP contribution is -2.49. The number of nitrogens with zero attached hydrogens (tertiary/aromatic N) is 1. The molecule has 0 spiro atoms. The van der Waals surface area contributed by atoms with Crippen LogP contribution in [0, 0.1) is 23.7 Å². The maximum Gasteiger partial charge on any atom is 0.416 e. The molecule has 5 rings (SSSR count). The van der Waals surface area contributed by atoms with E-state index in [4.69, 9.17) is 0 Å². The zero-order chi connectivity index (χ0) is 25.5. The Kier molecular flexibility index (Phi) is 6.44. The van der Waals surface area contributed by atoms with Crippen LogP contribution in [0.5, 0.6) is 0 Å². The molecule has 3 aliphatic rings. The molecule has 0 aromatic heterocycles. The highest BCUT2D eigenvalue weighted by Gasteiger charge is 2.57. The normalized spacial score (nSPS) is 25.2. The van der Waals surface area contributed by atoms with Crippen LogP contribution in [-0.2, 0) is 16.6 Å². The first-order valence-electron chi connectivity index (χ1n) is 12.5. The van der Waals surface area contributed by atoms with Crippen LogP contribution in [0.15, 0.2) is 54.6 Å². The van der Waals surface area contributed by atoms with E-state index < -0.39 is 17.3 Å². The molecule has 2 aromatic rings. The van der Waals surface area contributed by atoms with Gasteiger partial charge in [-0.2, -0.15) is 13.2 Å². The van der Waals surface area contributed by atoms with Crippen LogP contribution in [-0.4, -0.2) is 41.6 Å². The Hall–Kier alpha value is -3.07. The minimum absolute atomic E-state index is 0.108. The van der Waals surface area contributed by atoms with Gasteiger partial charge in [0, 0.05) is 31.2 Å². The lowest BCUT2D eigenvalue weighted by molar-refractivity contribution is -0.147. The predicted octanol–water partition coefficient (Wildman–Crippen LogP) is 4.61. The number of rotatable bonds is 6. The molecule has 3 unspecified atom stereocenters. The first kappa shape index (κ1) is 24.6. The summed E-state index contributed by atoms with van der Waals surface area (Å²) in [6.45, 7) is 1.51. The molecule has 1 saturated heterocycles. The second kappa shape index (κ2) is 9.42. The zero-order valence-corrected chi connectivity index (χ0v) is 19.8. The number of hydrogen-bond donors (Lipinski definition) is 3. The summed E-state index contributed by atoms with van der Waals surface area (Å²) in [7, 11) is 0. The highest BCUT2D eigenvalue weighted by molar-refractivity contribution is 5.90. The quantitative estimate of drug-likeness (QED) is 0.541. The molecule has 3 atom stereocenters. The summed E-state index contributed by atoms with van der Waals surface area (Å²) >= 11 is 0. The van der Waals surface area contributed by atoms with Gasteiger partial charge in [0.15, 0.2) is 5.60 Å². The molecule has 6 nitrogen and oxygen atoms in total. The van der Waals surface area contributed by atoms with Crippen LogP contribution in [0.2, 0.25) is 0 Å². The van der Waals surface area contributed by atoms with E-state index in [9.17, 15) is 27.9 Å². The van der Waals surface area contributed by atoms with Crippen molar-refractivity contribution in [2.45, 2.75) is 37.5 Å². The second-order valence-corrected chi connectivity index (χ2v) is 10.2. The number of anilines is 1. The summed E-state index contributed by atoms with van der Waals surface area (Å²) in [6, 6.07) is 13.2. The van der Waals surface area contributed by atoms with Gasteiger partial charge in [0.25, 0.3) is 5.91 Å². The van der Waals surface area contributed by atoms with Crippen LogP contribution in [0.1, 0.15) is 36.8 Å². The van der Waals surface area contributed by atoms with E-state index in [2.05, 4.69) is 10.6 Å². The Morgan fingerprint density at radius 2 is 1.53 bits per heavy atom. The molecule has 9 heteroatoms. The third kappa shape index (κ3) is 4.68. The fourth-order valence-electron chi connectivity index (χ4n) is 6.00. The van der Waals surface area contributed by atoms with Gasteiger partial charge in [-0.15, -0.1) is 0 Å². The Morgan fingerprint density at radius 1 is 0.917 bits per heavy atom. The monoisotopic (exact) mass is 501 g/mol. The summed E-state index contributed by atoms with van der Waals surface area (Å²) in [5.74, 6) is 0.304. The Bertz CT molecular complexity index is 1090. The van der Waals surface area contributed by atoms with Gasteiger partial charge in [0.1, 0.15) is 0 Å². The van der Waals surface area contributed by atoms with Crippen molar-refractivity contribution < 1.29 is 27.9 Å². The summed E-state index contributed by atoms with van der Waals surface area (Å²) in [4.78, 5) is 27.5. The summed E-state index contributed by atoms with van der Waals surface area (Å²) in [5, 5.41) is 17.2. The van der Waals surface area contributed by atoms with Crippen molar-refractivity contribution >= 4 is 17.6 Å². The Labute approximate surface area is 207 Å². The van der Waals surface area contributed by atoms with Crippen molar-refractivity contribution in [3.63, 3.8) is 0 Å². The molecule has 192 valence electrons. The first-order chi connectivity index (χ1) is 17.2. The van der Waals surface area contributed by atoms with Crippen molar-refractivity contribution in [2.75, 3.05) is 25.0 Å². The average molecular weight is 502 g/mol. The number of hydrogen-bond acceptors (Lipinski definition) is 3. The molecular weight excluding hydrogens is 471 g/mol. The highest BCUT2D eigenvalue weighted by atomic mass is 19.4. The van der Waals surface area contributed by atoms with E-state index in [-0.39, 0.29) is 35.6 Å². The SMILES string of the molecule is O=C(Nc1ccc(C(F)(F)F)cc1)N1CC2C(CNC(=O)C(O)(c3ccccc3)C3CCCC3)C2C1. The van der Waals surface area contributed by atoms with Gasteiger partial charge in [-0.25, -0.2) is 4.79 Å². The molecule has 3 N–H and O–H groups in total. The molecule has 2 aliphatic carbocycles. The summed E-state index contributed by atoms with van der Waals surface area (Å²) < 4.78 is 38.2. The minimum Gasteiger partial charge on any atom is -0.375 e. The van der Waals surface area contributed by atoms with E-state index in [1.165, 1.54) is 12.1 Å². The number of piperidine rings is 1. The largest absolute Gasteiger partial charge is 0.416 e.